The third kappa shape index (κ3) is 2.75. The number of nitrogens with one attached hydrogen (secondary N) is 1. The molecule has 1 aliphatic rings. The highest BCUT2D eigenvalue weighted by Gasteiger charge is 2.31. The normalized spacial score (nSPS) is 14.6. The zero-order valence-corrected chi connectivity index (χ0v) is 13.5. The van der Waals surface area contributed by atoms with Crippen molar-refractivity contribution in [2.75, 3.05) is 18.4 Å². The first-order valence-corrected chi connectivity index (χ1v) is 7.82. The number of halogens is 1. The predicted molar refractivity (Wildman–Crippen MR) is 90.5 cm³/mol. The number of carbonyl (C=O) groups is 1. The second-order valence-corrected chi connectivity index (χ2v) is 6.16. The summed E-state index contributed by atoms with van der Waals surface area (Å²) < 4.78 is 16.3. The summed E-state index contributed by atoms with van der Waals surface area (Å²) in [4.78, 5) is 20.6. The molecule has 2 aromatic heterocycles. The van der Waals surface area contributed by atoms with Crippen molar-refractivity contribution in [1.82, 2.24) is 19.4 Å². The largest absolute Gasteiger partial charge is 0.465 e. The summed E-state index contributed by atoms with van der Waals surface area (Å²) in [5, 5.41) is 11.8. The van der Waals surface area contributed by atoms with Gasteiger partial charge in [-0.2, -0.15) is 0 Å². The molecule has 8 heteroatoms. The molecule has 3 heterocycles. The molecule has 0 spiro atoms. The van der Waals surface area contributed by atoms with E-state index in [9.17, 15) is 9.18 Å². The molecule has 7 nitrogen and oxygen atoms in total. The number of rotatable bonds is 3. The van der Waals surface area contributed by atoms with Crippen LogP contribution in [0.25, 0.3) is 11.0 Å². The van der Waals surface area contributed by atoms with Crippen molar-refractivity contribution in [2.24, 2.45) is 7.05 Å². The first-order valence-electron chi connectivity index (χ1n) is 7.82. The molecule has 3 aromatic rings. The number of anilines is 2. The Bertz CT molecular complexity index is 965. The molecule has 0 atom stereocenters. The van der Waals surface area contributed by atoms with Crippen molar-refractivity contribution < 1.29 is 14.3 Å². The Morgan fingerprint density at radius 3 is 2.84 bits per heavy atom. The Morgan fingerprint density at radius 1 is 1.32 bits per heavy atom. The van der Waals surface area contributed by atoms with Gasteiger partial charge in [-0.15, -0.1) is 0 Å². The molecule has 0 radical (unpaired) electrons. The lowest BCUT2D eigenvalue weighted by molar-refractivity contribution is 0.105. The van der Waals surface area contributed by atoms with E-state index < -0.39 is 11.9 Å². The monoisotopic (exact) mass is 341 g/mol. The van der Waals surface area contributed by atoms with E-state index in [0.29, 0.717) is 24.6 Å². The molecular formula is C17H16FN5O2. The highest BCUT2D eigenvalue weighted by atomic mass is 19.1. The first kappa shape index (κ1) is 15.4. The standard InChI is InChI=1S/C17H16FN5O2/c1-22-9-20-14-6-19-16(5-15(14)22)21-13-3-2-10(4-12(13)18)11-7-23(8-11)17(24)25/h2-6,9,11H,7-8H2,1H3,(H,19,21)(H,24,25). The van der Waals surface area contributed by atoms with E-state index in [2.05, 4.69) is 15.3 Å². The molecular weight excluding hydrogens is 325 g/mol. The van der Waals surface area contributed by atoms with Crippen LogP contribution in [0.15, 0.2) is 36.8 Å². The van der Waals surface area contributed by atoms with Gasteiger partial charge in [-0.05, 0) is 17.7 Å². The van der Waals surface area contributed by atoms with Gasteiger partial charge in [-0.3, -0.25) is 0 Å². The zero-order valence-electron chi connectivity index (χ0n) is 13.5. The summed E-state index contributed by atoms with van der Waals surface area (Å²) in [7, 11) is 1.88. The second-order valence-electron chi connectivity index (χ2n) is 6.16. The van der Waals surface area contributed by atoms with E-state index in [-0.39, 0.29) is 5.92 Å². The molecule has 4 rings (SSSR count). The van der Waals surface area contributed by atoms with E-state index in [1.54, 1.807) is 18.6 Å². The Hall–Kier alpha value is -3.16. The number of imidazole rings is 1. The smallest absolute Gasteiger partial charge is 0.407 e. The van der Waals surface area contributed by atoms with Crippen LogP contribution in [0, 0.1) is 5.82 Å². The maximum absolute atomic E-state index is 14.4. The van der Waals surface area contributed by atoms with Crippen molar-refractivity contribution in [1.29, 1.82) is 0 Å². The van der Waals surface area contributed by atoms with Crippen molar-refractivity contribution in [3.63, 3.8) is 0 Å². The Morgan fingerprint density at radius 2 is 2.12 bits per heavy atom. The number of likely N-dealkylation sites (tertiary alicyclic amines) is 1. The zero-order chi connectivity index (χ0) is 17.6. The van der Waals surface area contributed by atoms with Crippen LogP contribution in [-0.2, 0) is 7.05 Å². The average Bonchev–Trinajstić information content (AvgIpc) is 2.89. The molecule has 0 aliphatic carbocycles. The number of amides is 1. The maximum atomic E-state index is 14.4. The molecule has 128 valence electrons. The van der Waals surface area contributed by atoms with Crippen LogP contribution in [0.1, 0.15) is 11.5 Å². The summed E-state index contributed by atoms with van der Waals surface area (Å²) in [6.07, 6.45) is 2.40. The summed E-state index contributed by atoms with van der Waals surface area (Å²) in [6.45, 7) is 0.806. The Labute approximate surface area is 142 Å². The van der Waals surface area contributed by atoms with E-state index in [0.717, 1.165) is 16.6 Å². The second kappa shape index (κ2) is 5.73. The molecule has 1 amide bonds. The van der Waals surface area contributed by atoms with Gasteiger partial charge in [0.2, 0.25) is 0 Å². The third-order valence-electron chi connectivity index (χ3n) is 4.49. The van der Waals surface area contributed by atoms with Crippen LogP contribution < -0.4 is 5.32 Å². The number of pyridine rings is 1. The van der Waals surface area contributed by atoms with Gasteiger partial charge in [0.25, 0.3) is 0 Å². The summed E-state index contributed by atoms with van der Waals surface area (Å²) in [5.74, 6) is 0.185. The fourth-order valence-corrected chi connectivity index (χ4v) is 2.97. The lowest BCUT2D eigenvalue weighted by Gasteiger charge is -2.37. The van der Waals surface area contributed by atoms with Crippen molar-refractivity contribution in [2.45, 2.75) is 5.92 Å². The minimum atomic E-state index is -0.938. The third-order valence-corrected chi connectivity index (χ3v) is 4.49. The molecule has 1 fully saturated rings. The minimum Gasteiger partial charge on any atom is -0.465 e. The minimum absolute atomic E-state index is 0.0450. The van der Waals surface area contributed by atoms with Gasteiger partial charge >= 0.3 is 6.09 Å². The molecule has 25 heavy (non-hydrogen) atoms. The lowest BCUT2D eigenvalue weighted by atomic mass is 9.91. The molecule has 0 bridgehead atoms. The highest BCUT2D eigenvalue weighted by molar-refractivity contribution is 5.78. The van der Waals surface area contributed by atoms with Crippen LogP contribution in [-0.4, -0.2) is 43.7 Å². The van der Waals surface area contributed by atoms with Gasteiger partial charge in [0, 0.05) is 32.1 Å². The first-order chi connectivity index (χ1) is 12.0. The van der Waals surface area contributed by atoms with Gasteiger partial charge in [0.05, 0.1) is 23.7 Å². The van der Waals surface area contributed by atoms with Crippen LogP contribution in [0.5, 0.6) is 0 Å². The van der Waals surface area contributed by atoms with Crippen molar-refractivity contribution >= 4 is 28.6 Å². The van der Waals surface area contributed by atoms with E-state index in [1.807, 2.05) is 23.7 Å². The number of hydrogen-bond donors (Lipinski definition) is 2. The van der Waals surface area contributed by atoms with Crippen molar-refractivity contribution in [3.05, 3.63) is 48.2 Å². The van der Waals surface area contributed by atoms with Gasteiger partial charge in [-0.25, -0.2) is 19.2 Å². The van der Waals surface area contributed by atoms with Crippen molar-refractivity contribution in [3.8, 4) is 0 Å². The predicted octanol–water partition coefficient (Wildman–Crippen LogP) is 2.93. The van der Waals surface area contributed by atoms with Gasteiger partial charge in [0.1, 0.15) is 17.2 Å². The number of fused-ring (bicyclic) bond motifs is 1. The number of hydrogen-bond acceptors (Lipinski definition) is 4. The molecule has 0 saturated carbocycles. The summed E-state index contributed by atoms with van der Waals surface area (Å²) >= 11 is 0. The van der Waals surface area contributed by atoms with Gasteiger partial charge in [-0.1, -0.05) is 6.07 Å². The molecule has 1 aliphatic heterocycles. The maximum Gasteiger partial charge on any atom is 0.407 e. The molecule has 0 unspecified atom stereocenters. The number of benzene rings is 1. The topological polar surface area (TPSA) is 83.3 Å². The molecule has 1 saturated heterocycles. The fraction of sp³-hybridized carbons (Fsp3) is 0.235. The highest BCUT2D eigenvalue weighted by Crippen LogP contribution is 2.30. The van der Waals surface area contributed by atoms with Crippen LogP contribution in [0.2, 0.25) is 0 Å². The number of nitrogens with zero attached hydrogens (tertiary/aromatic N) is 4. The van der Waals surface area contributed by atoms with E-state index >= 15 is 0 Å². The quantitative estimate of drug-likeness (QED) is 0.765. The number of aryl methyl sites for hydroxylation is 1. The van der Waals surface area contributed by atoms with Crippen LogP contribution >= 0.6 is 0 Å². The lowest BCUT2D eigenvalue weighted by Crippen LogP contribution is -2.47. The van der Waals surface area contributed by atoms with Gasteiger partial charge < -0.3 is 19.9 Å². The van der Waals surface area contributed by atoms with Crippen LogP contribution in [0.3, 0.4) is 0 Å². The van der Waals surface area contributed by atoms with Gasteiger partial charge in [0.15, 0.2) is 0 Å². The Balaban J connectivity index is 1.52. The SMILES string of the molecule is Cn1cnc2cnc(Nc3ccc(C4CN(C(=O)O)C4)cc3F)cc21. The molecule has 2 N–H and O–H groups in total. The molecule has 1 aromatic carbocycles. The number of carboxylic acid groups (broad SMARTS) is 1. The Kier molecular flexibility index (Phi) is 3.52. The van der Waals surface area contributed by atoms with Crippen LogP contribution in [0.4, 0.5) is 20.7 Å². The number of aromatic nitrogens is 3. The summed E-state index contributed by atoms with van der Waals surface area (Å²) in [6, 6.07) is 6.74. The average molecular weight is 341 g/mol. The fourth-order valence-electron chi connectivity index (χ4n) is 2.97. The summed E-state index contributed by atoms with van der Waals surface area (Å²) in [5.41, 5.74) is 2.80. The van der Waals surface area contributed by atoms with E-state index in [1.165, 1.54) is 11.0 Å². The van der Waals surface area contributed by atoms with E-state index in [4.69, 9.17) is 5.11 Å².